The molecule has 4 rings (SSSR count). The Morgan fingerprint density at radius 3 is 2.69 bits per heavy atom. The summed E-state index contributed by atoms with van der Waals surface area (Å²) in [5, 5.41) is 14.4. The van der Waals surface area contributed by atoms with Crippen LogP contribution in [0.25, 0.3) is 10.9 Å². The van der Waals surface area contributed by atoms with Crippen LogP contribution in [0.15, 0.2) is 53.7 Å². The zero-order valence-corrected chi connectivity index (χ0v) is 19.7. The van der Waals surface area contributed by atoms with E-state index in [4.69, 9.17) is 15.9 Å². The van der Waals surface area contributed by atoms with Crippen molar-refractivity contribution < 1.29 is 22.7 Å². The van der Waals surface area contributed by atoms with Gasteiger partial charge in [0.1, 0.15) is 16.4 Å². The molecule has 12 heteroatoms. The van der Waals surface area contributed by atoms with Crippen molar-refractivity contribution in [3.8, 4) is 23.8 Å². The maximum Gasteiger partial charge on any atom is 0.295 e. The van der Waals surface area contributed by atoms with Crippen LogP contribution in [-0.4, -0.2) is 48.5 Å². The second-order valence-corrected chi connectivity index (χ2v) is 9.07. The van der Waals surface area contributed by atoms with Gasteiger partial charge in [-0.05, 0) is 35.7 Å². The Hall–Kier alpha value is -4.50. The number of terminal acetylenes is 1. The van der Waals surface area contributed by atoms with Crippen molar-refractivity contribution >= 4 is 32.7 Å². The molecule has 0 bridgehead atoms. The first-order valence-electron chi connectivity index (χ1n) is 10.3. The van der Waals surface area contributed by atoms with E-state index in [0.29, 0.717) is 23.2 Å². The summed E-state index contributed by atoms with van der Waals surface area (Å²) in [4.78, 5) is 11.2. The Balaban J connectivity index is 1.60. The average molecular weight is 495 g/mol. The fourth-order valence-electron chi connectivity index (χ4n) is 3.53. The van der Waals surface area contributed by atoms with Crippen molar-refractivity contribution in [2.75, 3.05) is 18.9 Å². The van der Waals surface area contributed by atoms with Crippen LogP contribution in [0.4, 0.5) is 5.82 Å². The molecule has 0 aliphatic heterocycles. The number of rotatable bonds is 9. The van der Waals surface area contributed by atoms with Crippen LogP contribution in [0.2, 0.25) is 0 Å². The van der Waals surface area contributed by atoms with E-state index in [0.717, 1.165) is 11.1 Å². The van der Waals surface area contributed by atoms with Gasteiger partial charge < -0.3 is 14.8 Å². The summed E-state index contributed by atoms with van der Waals surface area (Å²) in [6.45, 7) is 0.665. The van der Waals surface area contributed by atoms with E-state index < -0.39 is 15.9 Å². The molecule has 2 aromatic heterocycles. The number of carbonyl (C=O) groups is 1. The zero-order valence-electron chi connectivity index (χ0n) is 18.9. The van der Waals surface area contributed by atoms with Gasteiger partial charge in [-0.25, -0.2) is 8.42 Å². The van der Waals surface area contributed by atoms with Gasteiger partial charge in [0.05, 0.1) is 37.9 Å². The van der Waals surface area contributed by atoms with Crippen molar-refractivity contribution in [3.63, 3.8) is 0 Å². The van der Waals surface area contributed by atoms with Crippen LogP contribution in [-0.2, 0) is 27.9 Å². The molecule has 3 N–H and O–H groups in total. The van der Waals surface area contributed by atoms with Crippen LogP contribution in [0, 0.1) is 12.3 Å². The Morgan fingerprint density at radius 2 is 1.94 bits per heavy atom. The number of aromatic nitrogens is 4. The maximum atomic E-state index is 13.0. The highest BCUT2D eigenvalue weighted by Crippen LogP contribution is 2.34. The number of nitrogens with one attached hydrogen (secondary N) is 3. The van der Waals surface area contributed by atoms with Crippen LogP contribution >= 0.6 is 0 Å². The molecule has 4 aromatic rings. The molecule has 180 valence electrons. The van der Waals surface area contributed by atoms with Crippen molar-refractivity contribution in [1.82, 2.24) is 25.3 Å². The summed E-state index contributed by atoms with van der Waals surface area (Å²) in [5.41, 5.74) is 2.20. The third kappa shape index (κ3) is 5.04. The molecule has 35 heavy (non-hydrogen) atoms. The van der Waals surface area contributed by atoms with Crippen molar-refractivity contribution in [2.24, 2.45) is 0 Å². The summed E-state index contributed by atoms with van der Waals surface area (Å²) in [7, 11) is -1.09. The summed E-state index contributed by atoms with van der Waals surface area (Å²) in [5.74, 6) is 2.24. The number of methoxy groups -OCH3 is 2. The van der Waals surface area contributed by atoms with Gasteiger partial charge in [0.15, 0.2) is 5.82 Å². The highest BCUT2D eigenvalue weighted by molar-refractivity contribution is 7.92. The monoisotopic (exact) mass is 494 g/mol. The second-order valence-electron chi connectivity index (χ2n) is 7.42. The number of sulfonamides is 1. The molecule has 0 atom stereocenters. The van der Waals surface area contributed by atoms with Gasteiger partial charge in [0.25, 0.3) is 15.9 Å². The summed E-state index contributed by atoms with van der Waals surface area (Å²) < 4.78 is 40.9. The van der Waals surface area contributed by atoms with E-state index in [-0.39, 0.29) is 23.0 Å². The minimum absolute atomic E-state index is 0.0119. The minimum atomic E-state index is -3.98. The molecule has 2 aromatic carbocycles. The Labute approximate surface area is 201 Å². The number of carbonyl (C=O) groups excluding carboxylic acids is 1. The predicted octanol–water partition coefficient (Wildman–Crippen LogP) is 1.88. The van der Waals surface area contributed by atoms with Crippen LogP contribution < -0.4 is 19.5 Å². The molecular weight excluding hydrogens is 472 g/mol. The lowest BCUT2D eigenvalue weighted by molar-refractivity contribution is -0.115. The van der Waals surface area contributed by atoms with Crippen molar-refractivity contribution in [3.05, 3.63) is 59.9 Å². The predicted molar refractivity (Wildman–Crippen MR) is 128 cm³/mol. The standard InChI is InChI=1S/C23H22N6O5S/c1-4-21(30)24-11-16-12-25-29(14-16)13-15-9-17-22(19(10-15)34-3)23(27-26-17)28-35(31,32)20-8-6-5-7-18(20)33-2/h1,5-10,12,14H,11,13H2,2-3H3,(H,24,30)(H2,26,27,28). The fraction of sp³-hybridized carbons (Fsp3) is 0.174. The lowest BCUT2D eigenvalue weighted by atomic mass is 10.1. The largest absolute Gasteiger partial charge is 0.496 e. The van der Waals surface area contributed by atoms with E-state index in [1.807, 2.05) is 12.0 Å². The SMILES string of the molecule is C#CC(=O)NCc1cnn(Cc2cc(OC)c3c(NS(=O)(=O)c4ccccc4OC)n[nH]c3c2)c1. The first-order chi connectivity index (χ1) is 16.8. The average Bonchev–Trinajstić information content (AvgIpc) is 3.48. The third-order valence-corrected chi connectivity index (χ3v) is 6.49. The molecule has 11 nitrogen and oxygen atoms in total. The number of hydrogen-bond donors (Lipinski definition) is 3. The van der Waals surface area contributed by atoms with Gasteiger partial charge in [0.2, 0.25) is 0 Å². The summed E-state index contributed by atoms with van der Waals surface area (Å²) in [6, 6.07) is 9.90. The quantitative estimate of drug-likeness (QED) is 0.302. The summed E-state index contributed by atoms with van der Waals surface area (Å²) in [6.07, 6.45) is 8.47. The molecule has 0 spiro atoms. The van der Waals surface area contributed by atoms with Crippen LogP contribution in [0.3, 0.4) is 0 Å². The number of benzene rings is 2. The van der Waals surface area contributed by atoms with Crippen LogP contribution in [0.5, 0.6) is 11.5 Å². The van der Waals surface area contributed by atoms with E-state index in [9.17, 15) is 13.2 Å². The third-order valence-electron chi connectivity index (χ3n) is 5.11. The number of aromatic amines is 1. The first-order valence-corrected chi connectivity index (χ1v) is 11.8. The smallest absolute Gasteiger partial charge is 0.295 e. The van der Waals surface area contributed by atoms with Crippen molar-refractivity contribution in [2.45, 2.75) is 18.0 Å². The highest BCUT2D eigenvalue weighted by Gasteiger charge is 2.23. The lowest BCUT2D eigenvalue weighted by Gasteiger charge is -2.11. The molecule has 0 radical (unpaired) electrons. The molecule has 1 amide bonds. The molecule has 0 aliphatic carbocycles. The van der Waals surface area contributed by atoms with E-state index in [1.54, 1.807) is 41.3 Å². The van der Waals surface area contributed by atoms with Gasteiger partial charge in [-0.2, -0.15) is 10.2 Å². The number of anilines is 1. The Morgan fingerprint density at radius 1 is 1.17 bits per heavy atom. The molecule has 0 saturated carbocycles. The topological polar surface area (TPSA) is 140 Å². The second kappa shape index (κ2) is 9.78. The highest BCUT2D eigenvalue weighted by atomic mass is 32.2. The Kier molecular flexibility index (Phi) is 6.61. The van der Waals surface area contributed by atoms with E-state index in [2.05, 4.69) is 25.3 Å². The molecule has 2 heterocycles. The van der Waals surface area contributed by atoms with Gasteiger partial charge in [-0.1, -0.05) is 12.1 Å². The van der Waals surface area contributed by atoms with E-state index >= 15 is 0 Å². The minimum Gasteiger partial charge on any atom is -0.496 e. The van der Waals surface area contributed by atoms with Gasteiger partial charge in [-0.3, -0.25) is 19.3 Å². The fourth-order valence-corrected chi connectivity index (χ4v) is 4.72. The van der Waals surface area contributed by atoms with Gasteiger partial charge in [0, 0.05) is 18.3 Å². The number of H-pyrrole nitrogens is 1. The number of amides is 1. The number of fused-ring (bicyclic) bond motifs is 1. The number of ether oxygens (including phenoxy) is 2. The van der Waals surface area contributed by atoms with Gasteiger partial charge in [-0.15, -0.1) is 6.42 Å². The molecule has 0 saturated heterocycles. The van der Waals surface area contributed by atoms with Crippen molar-refractivity contribution in [1.29, 1.82) is 0 Å². The van der Waals surface area contributed by atoms with E-state index in [1.165, 1.54) is 20.3 Å². The molecule has 0 unspecified atom stereocenters. The first kappa shape index (κ1) is 23.7. The molecule has 0 fully saturated rings. The zero-order chi connectivity index (χ0) is 25.0. The number of nitrogens with zero attached hydrogens (tertiary/aromatic N) is 3. The van der Waals surface area contributed by atoms with Gasteiger partial charge >= 0.3 is 0 Å². The summed E-state index contributed by atoms with van der Waals surface area (Å²) >= 11 is 0. The normalized spacial score (nSPS) is 11.1. The number of hydrogen-bond acceptors (Lipinski definition) is 7. The molecule has 0 aliphatic rings. The maximum absolute atomic E-state index is 13.0. The lowest BCUT2D eigenvalue weighted by Crippen LogP contribution is -2.20. The molecular formula is C23H22N6O5S. The Bertz CT molecular complexity index is 1530. The number of para-hydroxylation sites is 1. The van der Waals surface area contributed by atoms with Crippen LogP contribution in [0.1, 0.15) is 11.1 Å².